The van der Waals surface area contributed by atoms with Crippen molar-refractivity contribution in [2.45, 2.75) is 52.1 Å². The molecule has 0 saturated heterocycles. The van der Waals surface area contributed by atoms with Gasteiger partial charge in [-0.25, -0.2) is 8.42 Å². The molecule has 0 aliphatic carbocycles. The fourth-order valence-electron chi connectivity index (χ4n) is 4.23. The molecule has 0 aliphatic rings. The Hall–Kier alpha value is -3.65. The van der Waals surface area contributed by atoms with Crippen molar-refractivity contribution in [3.05, 3.63) is 95.1 Å². The Labute approximate surface area is 220 Å². The van der Waals surface area contributed by atoms with Gasteiger partial charge in [0.05, 0.1) is 10.6 Å². The van der Waals surface area contributed by atoms with E-state index in [9.17, 15) is 18.0 Å². The normalized spacial score (nSPS) is 12.0. The average Bonchev–Trinajstić information content (AvgIpc) is 2.86. The van der Waals surface area contributed by atoms with Crippen molar-refractivity contribution < 1.29 is 18.0 Å². The van der Waals surface area contributed by atoms with Crippen molar-refractivity contribution in [2.24, 2.45) is 0 Å². The Morgan fingerprint density at radius 1 is 0.892 bits per heavy atom. The van der Waals surface area contributed by atoms with Crippen molar-refractivity contribution in [1.82, 2.24) is 10.2 Å². The van der Waals surface area contributed by atoms with Crippen LogP contribution in [0.4, 0.5) is 5.69 Å². The number of hydrogen-bond donors (Lipinski definition) is 1. The molecule has 196 valence electrons. The van der Waals surface area contributed by atoms with Gasteiger partial charge < -0.3 is 10.2 Å². The number of anilines is 1. The van der Waals surface area contributed by atoms with Crippen LogP contribution in [0.5, 0.6) is 0 Å². The van der Waals surface area contributed by atoms with Crippen LogP contribution in [0.25, 0.3) is 0 Å². The first-order valence-electron chi connectivity index (χ1n) is 12.3. The number of likely N-dealkylation sites (N-methyl/N-ethyl adjacent to an activating group) is 1. The molecule has 8 heteroatoms. The van der Waals surface area contributed by atoms with Crippen molar-refractivity contribution in [3.8, 4) is 0 Å². The molecule has 2 amide bonds. The van der Waals surface area contributed by atoms with E-state index >= 15 is 0 Å². The van der Waals surface area contributed by atoms with Crippen LogP contribution in [-0.2, 0) is 26.2 Å². The molecule has 1 N–H and O–H groups in total. The Bertz CT molecular complexity index is 1360. The van der Waals surface area contributed by atoms with E-state index < -0.39 is 28.5 Å². The van der Waals surface area contributed by atoms with Crippen LogP contribution in [0.3, 0.4) is 0 Å². The van der Waals surface area contributed by atoms with Gasteiger partial charge in [-0.05, 0) is 63.9 Å². The zero-order valence-corrected chi connectivity index (χ0v) is 22.9. The summed E-state index contributed by atoms with van der Waals surface area (Å²) in [6.45, 7) is 9.32. The maximum atomic E-state index is 13.9. The van der Waals surface area contributed by atoms with E-state index in [1.807, 2.05) is 64.1 Å². The summed E-state index contributed by atoms with van der Waals surface area (Å²) < 4.78 is 28.8. The minimum Gasteiger partial charge on any atom is -0.355 e. The summed E-state index contributed by atoms with van der Waals surface area (Å²) in [4.78, 5) is 28.2. The summed E-state index contributed by atoms with van der Waals surface area (Å²) in [6, 6.07) is 20.4. The molecule has 3 rings (SSSR count). The first-order chi connectivity index (χ1) is 17.5. The number of nitrogens with one attached hydrogen (secondary N) is 1. The second-order valence-corrected chi connectivity index (χ2v) is 11.1. The predicted octanol–water partition coefficient (Wildman–Crippen LogP) is 4.36. The second kappa shape index (κ2) is 12.1. The summed E-state index contributed by atoms with van der Waals surface area (Å²) in [5.41, 5.74) is 4.02. The lowest BCUT2D eigenvalue weighted by molar-refractivity contribution is -0.139. The molecular formula is C29H35N3O4S. The number of nitrogens with zero attached hydrogens (tertiary/aromatic N) is 2. The minimum absolute atomic E-state index is 0.0878. The summed E-state index contributed by atoms with van der Waals surface area (Å²) >= 11 is 0. The van der Waals surface area contributed by atoms with Crippen LogP contribution >= 0.6 is 0 Å². The molecule has 3 aromatic carbocycles. The highest BCUT2D eigenvalue weighted by atomic mass is 32.2. The van der Waals surface area contributed by atoms with E-state index in [1.165, 1.54) is 17.0 Å². The first kappa shape index (κ1) is 27.9. The molecule has 7 nitrogen and oxygen atoms in total. The predicted molar refractivity (Wildman–Crippen MR) is 147 cm³/mol. The van der Waals surface area contributed by atoms with Gasteiger partial charge in [-0.3, -0.25) is 13.9 Å². The maximum Gasteiger partial charge on any atom is 0.264 e. The molecule has 0 aliphatic heterocycles. The molecule has 0 spiro atoms. The number of rotatable bonds is 10. The Balaban J connectivity index is 2.05. The van der Waals surface area contributed by atoms with E-state index in [0.29, 0.717) is 12.2 Å². The monoisotopic (exact) mass is 521 g/mol. The third-order valence-electron chi connectivity index (χ3n) is 6.18. The van der Waals surface area contributed by atoms with Crippen LogP contribution in [0.1, 0.15) is 36.1 Å². The van der Waals surface area contributed by atoms with E-state index in [4.69, 9.17) is 0 Å². The van der Waals surface area contributed by atoms with Crippen LogP contribution in [0.2, 0.25) is 0 Å². The number of benzene rings is 3. The molecular weight excluding hydrogens is 486 g/mol. The topological polar surface area (TPSA) is 86.8 Å². The third kappa shape index (κ3) is 6.77. The molecule has 0 fully saturated rings. The Morgan fingerprint density at radius 3 is 2.19 bits per heavy atom. The van der Waals surface area contributed by atoms with Crippen LogP contribution in [0, 0.1) is 20.8 Å². The second-order valence-electron chi connectivity index (χ2n) is 9.20. The van der Waals surface area contributed by atoms with Crippen LogP contribution in [-0.4, -0.2) is 44.3 Å². The average molecular weight is 522 g/mol. The Kier molecular flexibility index (Phi) is 9.10. The fourth-order valence-corrected chi connectivity index (χ4v) is 5.73. The van der Waals surface area contributed by atoms with Gasteiger partial charge in [0, 0.05) is 13.1 Å². The molecule has 1 atom stereocenters. The molecule has 0 bridgehead atoms. The quantitative estimate of drug-likeness (QED) is 0.430. The van der Waals surface area contributed by atoms with E-state index in [0.717, 1.165) is 26.6 Å². The molecule has 0 unspecified atom stereocenters. The minimum atomic E-state index is -4.07. The zero-order valence-electron chi connectivity index (χ0n) is 22.1. The molecule has 3 aromatic rings. The summed E-state index contributed by atoms with van der Waals surface area (Å²) in [5.74, 6) is -0.771. The summed E-state index contributed by atoms with van der Waals surface area (Å²) in [6.07, 6.45) is 0. The lowest BCUT2D eigenvalue weighted by Crippen LogP contribution is -2.51. The standard InChI is InChI=1S/C29H35N3O4S/c1-6-30-29(34)24(5)31(19-25-12-10-11-21(2)18-25)28(33)20-32(27-16-15-22(3)17-23(27)4)37(35,36)26-13-8-7-9-14-26/h7-18,24H,6,19-20H2,1-5H3,(H,30,34)/t24-/m0/s1. The van der Waals surface area contributed by atoms with Gasteiger partial charge in [-0.1, -0.05) is 65.7 Å². The molecule has 0 heterocycles. The first-order valence-corrected chi connectivity index (χ1v) is 13.8. The lowest BCUT2D eigenvalue weighted by atomic mass is 10.1. The number of amides is 2. The summed E-state index contributed by atoms with van der Waals surface area (Å²) in [5, 5.41) is 2.77. The van der Waals surface area contributed by atoms with Crippen molar-refractivity contribution in [1.29, 1.82) is 0 Å². The van der Waals surface area contributed by atoms with Gasteiger partial charge in [0.1, 0.15) is 12.6 Å². The number of hydrogen-bond acceptors (Lipinski definition) is 4. The maximum absolute atomic E-state index is 13.9. The number of sulfonamides is 1. The molecule has 0 aromatic heterocycles. The van der Waals surface area contributed by atoms with Crippen molar-refractivity contribution in [2.75, 3.05) is 17.4 Å². The fraction of sp³-hybridized carbons (Fsp3) is 0.310. The van der Waals surface area contributed by atoms with E-state index in [1.54, 1.807) is 31.2 Å². The highest BCUT2D eigenvalue weighted by Crippen LogP contribution is 2.28. The SMILES string of the molecule is CCNC(=O)[C@H](C)N(Cc1cccc(C)c1)C(=O)CN(c1ccc(C)cc1C)S(=O)(=O)c1ccccc1. The van der Waals surface area contributed by atoms with Crippen LogP contribution < -0.4 is 9.62 Å². The number of aryl methyl sites for hydroxylation is 3. The molecule has 37 heavy (non-hydrogen) atoms. The smallest absolute Gasteiger partial charge is 0.264 e. The van der Waals surface area contributed by atoms with Gasteiger partial charge in [0.25, 0.3) is 10.0 Å². The van der Waals surface area contributed by atoms with E-state index in [2.05, 4.69) is 5.32 Å². The Morgan fingerprint density at radius 2 is 1.57 bits per heavy atom. The number of carbonyl (C=O) groups excluding carboxylic acids is 2. The zero-order chi connectivity index (χ0) is 27.2. The summed E-state index contributed by atoms with van der Waals surface area (Å²) in [7, 11) is -4.07. The molecule has 0 saturated carbocycles. The largest absolute Gasteiger partial charge is 0.355 e. The highest BCUT2D eigenvalue weighted by molar-refractivity contribution is 7.92. The van der Waals surface area contributed by atoms with E-state index in [-0.39, 0.29) is 17.3 Å². The van der Waals surface area contributed by atoms with Gasteiger partial charge >= 0.3 is 0 Å². The molecule has 0 radical (unpaired) electrons. The van der Waals surface area contributed by atoms with Gasteiger partial charge in [-0.2, -0.15) is 0 Å². The third-order valence-corrected chi connectivity index (χ3v) is 7.96. The number of carbonyl (C=O) groups is 2. The van der Waals surface area contributed by atoms with Crippen LogP contribution in [0.15, 0.2) is 77.7 Å². The van der Waals surface area contributed by atoms with Gasteiger partial charge in [-0.15, -0.1) is 0 Å². The van der Waals surface area contributed by atoms with Crippen molar-refractivity contribution >= 4 is 27.5 Å². The van der Waals surface area contributed by atoms with Crippen molar-refractivity contribution in [3.63, 3.8) is 0 Å². The van der Waals surface area contributed by atoms with Gasteiger partial charge in [0.15, 0.2) is 0 Å². The lowest BCUT2D eigenvalue weighted by Gasteiger charge is -2.32. The van der Waals surface area contributed by atoms with Gasteiger partial charge in [0.2, 0.25) is 11.8 Å². The highest BCUT2D eigenvalue weighted by Gasteiger charge is 2.33.